The molecule has 0 aliphatic rings. The standard InChI is InChI=1S/C12H18BrNO/c1-4-7-14-9(2)10-5-6-12(15-3)11(13)8-10/h5-6,8-9,14H,4,7H2,1-3H3. The maximum Gasteiger partial charge on any atom is 0.133 e. The normalized spacial score (nSPS) is 12.5. The molecule has 0 saturated heterocycles. The van der Waals surface area contributed by atoms with Crippen molar-refractivity contribution in [1.29, 1.82) is 0 Å². The number of benzene rings is 1. The molecule has 1 aromatic carbocycles. The highest BCUT2D eigenvalue weighted by molar-refractivity contribution is 9.10. The van der Waals surface area contributed by atoms with Gasteiger partial charge in [0.05, 0.1) is 11.6 Å². The molecule has 0 fully saturated rings. The number of nitrogens with one attached hydrogen (secondary N) is 1. The van der Waals surface area contributed by atoms with Gasteiger partial charge in [0.25, 0.3) is 0 Å². The van der Waals surface area contributed by atoms with Gasteiger partial charge in [0.1, 0.15) is 5.75 Å². The van der Waals surface area contributed by atoms with Gasteiger partial charge in [-0.05, 0) is 53.5 Å². The Bertz CT molecular complexity index is 314. The van der Waals surface area contributed by atoms with Gasteiger partial charge in [-0.15, -0.1) is 0 Å². The van der Waals surface area contributed by atoms with Crippen LogP contribution in [0.3, 0.4) is 0 Å². The Labute approximate surface area is 100 Å². The van der Waals surface area contributed by atoms with Crippen LogP contribution in [0.4, 0.5) is 0 Å². The summed E-state index contributed by atoms with van der Waals surface area (Å²) in [4.78, 5) is 0. The summed E-state index contributed by atoms with van der Waals surface area (Å²) in [6.45, 7) is 5.39. The Hall–Kier alpha value is -0.540. The zero-order chi connectivity index (χ0) is 11.3. The largest absolute Gasteiger partial charge is 0.496 e. The van der Waals surface area contributed by atoms with E-state index in [1.54, 1.807) is 7.11 Å². The first kappa shape index (κ1) is 12.5. The lowest BCUT2D eigenvalue weighted by Crippen LogP contribution is -2.19. The minimum Gasteiger partial charge on any atom is -0.496 e. The van der Waals surface area contributed by atoms with E-state index >= 15 is 0 Å². The molecule has 1 atom stereocenters. The fraction of sp³-hybridized carbons (Fsp3) is 0.500. The van der Waals surface area contributed by atoms with Crippen molar-refractivity contribution in [3.8, 4) is 5.75 Å². The van der Waals surface area contributed by atoms with Crippen molar-refractivity contribution >= 4 is 15.9 Å². The fourth-order valence-corrected chi connectivity index (χ4v) is 1.99. The molecule has 1 aromatic rings. The highest BCUT2D eigenvalue weighted by Gasteiger charge is 2.06. The van der Waals surface area contributed by atoms with Gasteiger partial charge < -0.3 is 10.1 Å². The number of hydrogen-bond donors (Lipinski definition) is 1. The maximum absolute atomic E-state index is 5.19. The molecule has 0 aliphatic carbocycles. The van der Waals surface area contributed by atoms with E-state index in [9.17, 15) is 0 Å². The van der Waals surface area contributed by atoms with Gasteiger partial charge in [0.2, 0.25) is 0 Å². The zero-order valence-corrected chi connectivity index (χ0v) is 11.1. The molecule has 0 heterocycles. The van der Waals surface area contributed by atoms with E-state index < -0.39 is 0 Å². The van der Waals surface area contributed by atoms with Crippen LogP contribution in [0.5, 0.6) is 5.75 Å². The van der Waals surface area contributed by atoms with Gasteiger partial charge in [0.15, 0.2) is 0 Å². The molecule has 0 bridgehead atoms. The summed E-state index contributed by atoms with van der Waals surface area (Å²) >= 11 is 3.49. The zero-order valence-electron chi connectivity index (χ0n) is 9.51. The van der Waals surface area contributed by atoms with Crippen molar-refractivity contribution in [3.63, 3.8) is 0 Å². The first-order valence-electron chi connectivity index (χ1n) is 5.25. The molecule has 1 unspecified atom stereocenters. The molecule has 1 rings (SSSR count). The van der Waals surface area contributed by atoms with Gasteiger partial charge in [-0.2, -0.15) is 0 Å². The van der Waals surface area contributed by atoms with Crippen LogP contribution in [0, 0.1) is 0 Å². The summed E-state index contributed by atoms with van der Waals surface area (Å²) in [6, 6.07) is 6.57. The van der Waals surface area contributed by atoms with E-state index in [1.807, 2.05) is 6.07 Å². The van der Waals surface area contributed by atoms with Crippen molar-refractivity contribution in [2.24, 2.45) is 0 Å². The Kier molecular flexibility index (Phi) is 5.12. The average molecular weight is 272 g/mol. The summed E-state index contributed by atoms with van der Waals surface area (Å²) < 4.78 is 6.20. The van der Waals surface area contributed by atoms with Crippen LogP contribution in [0.2, 0.25) is 0 Å². The molecule has 84 valence electrons. The van der Waals surface area contributed by atoms with Crippen molar-refractivity contribution in [2.45, 2.75) is 26.3 Å². The van der Waals surface area contributed by atoms with Crippen LogP contribution < -0.4 is 10.1 Å². The third-order valence-electron chi connectivity index (χ3n) is 2.38. The minimum atomic E-state index is 0.382. The lowest BCUT2D eigenvalue weighted by atomic mass is 10.1. The lowest BCUT2D eigenvalue weighted by Gasteiger charge is -2.14. The third-order valence-corrected chi connectivity index (χ3v) is 3.00. The first-order valence-corrected chi connectivity index (χ1v) is 6.05. The summed E-state index contributed by atoms with van der Waals surface area (Å²) in [5, 5.41) is 3.45. The number of hydrogen-bond acceptors (Lipinski definition) is 2. The highest BCUT2D eigenvalue weighted by Crippen LogP contribution is 2.27. The van der Waals surface area contributed by atoms with E-state index in [4.69, 9.17) is 4.74 Å². The summed E-state index contributed by atoms with van der Waals surface area (Å²) in [7, 11) is 1.68. The molecular weight excluding hydrogens is 254 g/mol. The van der Waals surface area contributed by atoms with Gasteiger partial charge in [-0.25, -0.2) is 0 Å². The number of rotatable bonds is 5. The van der Waals surface area contributed by atoms with E-state index in [2.05, 4.69) is 47.2 Å². The van der Waals surface area contributed by atoms with Crippen LogP contribution in [-0.4, -0.2) is 13.7 Å². The second kappa shape index (κ2) is 6.13. The predicted octanol–water partition coefficient (Wildman–Crippen LogP) is 3.52. The second-order valence-corrected chi connectivity index (χ2v) is 4.42. The SMILES string of the molecule is CCCNC(C)c1ccc(OC)c(Br)c1. The van der Waals surface area contributed by atoms with Crippen LogP contribution in [-0.2, 0) is 0 Å². The molecule has 0 aliphatic heterocycles. The molecule has 0 saturated carbocycles. The molecular formula is C12H18BrNO. The molecule has 2 nitrogen and oxygen atoms in total. The number of halogens is 1. The van der Waals surface area contributed by atoms with Gasteiger partial charge in [-0.1, -0.05) is 13.0 Å². The highest BCUT2D eigenvalue weighted by atomic mass is 79.9. The van der Waals surface area contributed by atoms with Crippen molar-refractivity contribution in [3.05, 3.63) is 28.2 Å². The van der Waals surface area contributed by atoms with E-state index in [-0.39, 0.29) is 0 Å². The monoisotopic (exact) mass is 271 g/mol. The number of methoxy groups -OCH3 is 1. The predicted molar refractivity (Wildman–Crippen MR) is 67.4 cm³/mol. The van der Waals surface area contributed by atoms with Crippen LogP contribution in [0.25, 0.3) is 0 Å². The van der Waals surface area contributed by atoms with E-state index in [0.717, 1.165) is 23.2 Å². The quantitative estimate of drug-likeness (QED) is 0.885. The smallest absolute Gasteiger partial charge is 0.133 e. The van der Waals surface area contributed by atoms with Gasteiger partial charge >= 0.3 is 0 Å². The van der Waals surface area contributed by atoms with Crippen LogP contribution in [0.1, 0.15) is 31.9 Å². The fourth-order valence-electron chi connectivity index (χ4n) is 1.43. The van der Waals surface area contributed by atoms with Crippen molar-refractivity contribution < 1.29 is 4.74 Å². The average Bonchev–Trinajstić information content (AvgIpc) is 2.25. The van der Waals surface area contributed by atoms with Gasteiger partial charge in [-0.3, -0.25) is 0 Å². The molecule has 1 N–H and O–H groups in total. The third kappa shape index (κ3) is 3.50. The molecule has 3 heteroatoms. The van der Waals surface area contributed by atoms with E-state index in [0.29, 0.717) is 6.04 Å². The topological polar surface area (TPSA) is 21.3 Å². The van der Waals surface area contributed by atoms with Crippen molar-refractivity contribution in [1.82, 2.24) is 5.32 Å². The van der Waals surface area contributed by atoms with Crippen LogP contribution in [0.15, 0.2) is 22.7 Å². The molecule has 15 heavy (non-hydrogen) atoms. The summed E-state index contributed by atoms with van der Waals surface area (Å²) in [6.07, 6.45) is 1.15. The van der Waals surface area contributed by atoms with Crippen LogP contribution >= 0.6 is 15.9 Å². The summed E-state index contributed by atoms with van der Waals surface area (Å²) in [5.74, 6) is 0.876. The Morgan fingerprint density at radius 3 is 2.73 bits per heavy atom. The Balaban J connectivity index is 2.73. The maximum atomic E-state index is 5.19. The Morgan fingerprint density at radius 2 is 2.20 bits per heavy atom. The van der Waals surface area contributed by atoms with Crippen molar-refractivity contribution in [2.75, 3.05) is 13.7 Å². The molecule has 0 aromatic heterocycles. The second-order valence-electron chi connectivity index (χ2n) is 3.57. The first-order chi connectivity index (χ1) is 7.19. The molecule has 0 spiro atoms. The Morgan fingerprint density at radius 1 is 1.47 bits per heavy atom. The molecule has 0 amide bonds. The summed E-state index contributed by atoms with van der Waals surface area (Å²) in [5.41, 5.74) is 1.27. The minimum absolute atomic E-state index is 0.382. The molecule has 0 radical (unpaired) electrons. The van der Waals surface area contributed by atoms with E-state index in [1.165, 1.54) is 5.56 Å². The number of ether oxygens (including phenoxy) is 1. The van der Waals surface area contributed by atoms with Gasteiger partial charge in [0, 0.05) is 6.04 Å². The lowest BCUT2D eigenvalue weighted by molar-refractivity contribution is 0.411.